The van der Waals surface area contributed by atoms with Gasteiger partial charge in [0, 0.05) is 43.9 Å². The van der Waals surface area contributed by atoms with Gasteiger partial charge in [-0.3, -0.25) is 4.79 Å². The SMILES string of the molecule is CC(=O)N1CCN(c2nc(C3CCCCC3)nc3sc(C)c(C)c23)CC1. The second-order valence-electron chi connectivity index (χ2n) is 7.70. The van der Waals surface area contributed by atoms with Crippen molar-refractivity contribution in [2.24, 2.45) is 0 Å². The molecular formula is C20H28N4OS. The lowest BCUT2D eigenvalue weighted by Gasteiger charge is -2.35. The number of aryl methyl sites for hydroxylation is 2. The van der Waals surface area contributed by atoms with E-state index in [1.807, 2.05) is 4.90 Å². The quantitative estimate of drug-likeness (QED) is 0.799. The smallest absolute Gasteiger partial charge is 0.219 e. The summed E-state index contributed by atoms with van der Waals surface area (Å²) < 4.78 is 0. The topological polar surface area (TPSA) is 49.3 Å². The number of carbonyl (C=O) groups excluding carboxylic acids is 1. The van der Waals surface area contributed by atoms with Gasteiger partial charge in [-0.1, -0.05) is 19.3 Å². The van der Waals surface area contributed by atoms with Crippen molar-refractivity contribution in [1.29, 1.82) is 0 Å². The summed E-state index contributed by atoms with van der Waals surface area (Å²) in [6, 6.07) is 0. The molecular weight excluding hydrogens is 344 g/mol. The highest BCUT2D eigenvalue weighted by Gasteiger charge is 2.26. The number of thiophene rings is 1. The monoisotopic (exact) mass is 372 g/mol. The van der Waals surface area contributed by atoms with Gasteiger partial charge in [-0.25, -0.2) is 9.97 Å². The minimum absolute atomic E-state index is 0.169. The zero-order valence-electron chi connectivity index (χ0n) is 16.0. The number of nitrogens with zero attached hydrogens (tertiary/aromatic N) is 4. The fourth-order valence-corrected chi connectivity index (χ4v) is 5.28. The normalized spacial score (nSPS) is 19.3. The van der Waals surface area contributed by atoms with Gasteiger partial charge in [0.25, 0.3) is 0 Å². The van der Waals surface area contributed by atoms with Crippen molar-refractivity contribution >= 4 is 33.3 Å². The van der Waals surface area contributed by atoms with Gasteiger partial charge >= 0.3 is 0 Å². The van der Waals surface area contributed by atoms with E-state index < -0.39 is 0 Å². The Balaban J connectivity index is 1.72. The van der Waals surface area contributed by atoms with E-state index in [2.05, 4.69) is 18.7 Å². The van der Waals surface area contributed by atoms with Gasteiger partial charge < -0.3 is 9.80 Å². The van der Waals surface area contributed by atoms with Crippen LogP contribution in [0.1, 0.15) is 61.2 Å². The third-order valence-electron chi connectivity index (χ3n) is 6.02. The molecule has 0 aromatic carbocycles. The second-order valence-corrected chi connectivity index (χ2v) is 8.90. The number of anilines is 1. The number of amides is 1. The summed E-state index contributed by atoms with van der Waals surface area (Å²) in [7, 11) is 0. The molecule has 1 amide bonds. The molecule has 0 atom stereocenters. The van der Waals surface area contributed by atoms with Crippen molar-refractivity contribution in [2.75, 3.05) is 31.1 Å². The average Bonchev–Trinajstić information content (AvgIpc) is 2.96. The minimum Gasteiger partial charge on any atom is -0.352 e. The van der Waals surface area contributed by atoms with Crippen LogP contribution in [-0.4, -0.2) is 47.0 Å². The van der Waals surface area contributed by atoms with Crippen LogP contribution in [0.15, 0.2) is 0 Å². The van der Waals surface area contributed by atoms with Crippen LogP contribution in [0.2, 0.25) is 0 Å². The molecule has 1 saturated heterocycles. The molecule has 3 heterocycles. The highest BCUT2D eigenvalue weighted by molar-refractivity contribution is 7.18. The van der Waals surface area contributed by atoms with Gasteiger partial charge in [-0.05, 0) is 32.3 Å². The summed E-state index contributed by atoms with van der Waals surface area (Å²) in [4.78, 5) is 28.5. The van der Waals surface area contributed by atoms with Crippen molar-refractivity contribution in [3.05, 3.63) is 16.3 Å². The molecule has 2 aromatic rings. The van der Waals surface area contributed by atoms with E-state index in [0.29, 0.717) is 5.92 Å². The molecule has 0 spiro atoms. The molecule has 6 heteroatoms. The summed E-state index contributed by atoms with van der Waals surface area (Å²) in [6.07, 6.45) is 6.36. The van der Waals surface area contributed by atoms with Crippen LogP contribution in [0.4, 0.5) is 5.82 Å². The van der Waals surface area contributed by atoms with E-state index in [-0.39, 0.29) is 5.91 Å². The zero-order valence-corrected chi connectivity index (χ0v) is 16.9. The fraction of sp³-hybridized carbons (Fsp3) is 0.650. The first kappa shape index (κ1) is 17.7. The molecule has 2 fully saturated rings. The van der Waals surface area contributed by atoms with Crippen molar-refractivity contribution in [2.45, 2.75) is 58.8 Å². The summed E-state index contributed by atoms with van der Waals surface area (Å²) in [5.74, 6) is 2.82. The Labute approximate surface area is 159 Å². The third-order valence-corrected chi connectivity index (χ3v) is 7.12. The molecule has 4 rings (SSSR count). The number of aromatic nitrogens is 2. The van der Waals surface area contributed by atoms with E-state index in [1.54, 1.807) is 18.3 Å². The standard InChI is InChI=1S/C20H28N4OS/c1-13-14(2)26-20-17(13)19(24-11-9-23(10-12-24)15(3)25)21-18(22-20)16-7-5-4-6-8-16/h16H,4-12H2,1-3H3. The number of rotatable bonds is 2. The lowest BCUT2D eigenvalue weighted by Crippen LogP contribution is -2.48. The Morgan fingerprint density at radius 2 is 1.73 bits per heavy atom. The molecule has 1 saturated carbocycles. The number of piperazine rings is 1. The van der Waals surface area contributed by atoms with E-state index >= 15 is 0 Å². The van der Waals surface area contributed by atoms with Gasteiger partial charge in [0.05, 0.1) is 5.39 Å². The summed E-state index contributed by atoms with van der Waals surface area (Å²) >= 11 is 1.80. The van der Waals surface area contributed by atoms with Crippen molar-refractivity contribution in [3.63, 3.8) is 0 Å². The molecule has 0 unspecified atom stereocenters. The molecule has 2 aromatic heterocycles. The van der Waals surface area contributed by atoms with Crippen molar-refractivity contribution in [1.82, 2.24) is 14.9 Å². The largest absolute Gasteiger partial charge is 0.352 e. The van der Waals surface area contributed by atoms with Crippen LogP contribution in [0, 0.1) is 13.8 Å². The van der Waals surface area contributed by atoms with Gasteiger partial charge in [0.2, 0.25) is 5.91 Å². The Kier molecular flexibility index (Phi) is 4.86. The van der Waals surface area contributed by atoms with Gasteiger partial charge in [-0.15, -0.1) is 11.3 Å². The molecule has 140 valence electrons. The molecule has 0 radical (unpaired) electrons. The Hall–Kier alpha value is -1.69. The molecule has 26 heavy (non-hydrogen) atoms. The Morgan fingerprint density at radius 1 is 1.04 bits per heavy atom. The van der Waals surface area contributed by atoms with Gasteiger partial charge in [-0.2, -0.15) is 0 Å². The molecule has 2 aliphatic rings. The first-order chi connectivity index (χ1) is 12.5. The van der Waals surface area contributed by atoms with E-state index in [9.17, 15) is 4.79 Å². The van der Waals surface area contributed by atoms with Gasteiger partial charge in [0.15, 0.2) is 0 Å². The molecule has 0 bridgehead atoms. The van der Waals surface area contributed by atoms with Gasteiger partial charge in [0.1, 0.15) is 16.5 Å². The van der Waals surface area contributed by atoms with Crippen molar-refractivity contribution in [3.8, 4) is 0 Å². The first-order valence-electron chi connectivity index (χ1n) is 9.82. The summed E-state index contributed by atoms with van der Waals surface area (Å²) in [5, 5.41) is 1.23. The average molecular weight is 373 g/mol. The van der Waals surface area contributed by atoms with E-state index in [4.69, 9.17) is 9.97 Å². The third kappa shape index (κ3) is 3.20. The molecule has 0 N–H and O–H groups in total. The summed E-state index contributed by atoms with van der Waals surface area (Å²) in [6.45, 7) is 9.29. The minimum atomic E-state index is 0.169. The number of hydrogen-bond donors (Lipinski definition) is 0. The van der Waals surface area contributed by atoms with Crippen LogP contribution >= 0.6 is 11.3 Å². The van der Waals surface area contributed by atoms with Crippen LogP contribution in [0.25, 0.3) is 10.2 Å². The maximum Gasteiger partial charge on any atom is 0.219 e. The maximum absolute atomic E-state index is 11.7. The van der Waals surface area contributed by atoms with Crippen LogP contribution in [0.3, 0.4) is 0 Å². The lowest BCUT2D eigenvalue weighted by molar-refractivity contribution is -0.129. The molecule has 5 nitrogen and oxygen atoms in total. The van der Waals surface area contributed by atoms with Crippen LogP contribution in [-0.2, 0) is 4.79 Å². The number of carbonyl (C=O) groups is 1. The molecule has 1 aliphatic carbocycles. The van der Waals surface area contributed by atoms with E-state index in [0.717, 1.165) is 42.7 Å². The predicted octanol–water partition coefficient (Wildman–Crippen LogP) is 4.02. The predicted molar refractivity (Wildman–Crippen MR) is 107 cm³/mol. The Morgan fingerprint density at radius 3 is 2.38 bits per heavy atom. The number of hydrogen-bond acceptors (Lipinski definition) is 5. The Bertz CT molecular complexity index is 817. The highest BCUT2D eigenvalue weighted by Crippen LogP contribution is 2.38. The summed E-state index contributed by atoms with van der Waals surface area (Å²) in [5.41, 5.74) is 1.31. The van der Waals surface area contributed by atoms with Crippen molar-refractivity contribution < 1.29 is 4.79 Å². The maximum atomic E-state index is 11.7. The van der Waals surface area contributed by atoms with E-state index in [1.165, 1.54) is 47.9 Å². The van der Waals surface area contributed by atoms with Crippen LogP contribution in [0.5, 0.6) is 0 Å². The fourth-order valence-electron chi connectivity index (χ4n) is 4.25. The van der Waals surface area contributed by atoms with Crippen LogP contribution < -0.4 is 4.90 Å². The molecule has 1 aliphatic heterocycles. The zero-order chi connectivity index (χ0) is 18.3. The first-order valence-corrected chi connectivity index (χ1v) is 10.6. The second kappa shape index (κ2) is 7.14. The lowest BCUT2D eigenvalue weighted by atomic mass is 9.88. The number of fused-ring (bicyclic) bond motifs is 1. The highest BCUT2D eigenvalue weighted by atomic mass is 32.1.